The zero-order valence-corrected chi connectivity index (χ0v) is 8.73. The van der Waals surface area contributed by atoms with Gasteiger partial charge in [-0.3, -0.25) is 0 Å². The number of carbonyl (C=O) groups excluding carboxylic acids is 1. The second kappa shape index (κ2) is 4.10. The van der Waals surface area contributed by atoms with Gasteiger partial charge in [0.15, 0.2) is 0 Å². The number of hydrogen-bond acceptors (Lipinski definition) is 3. The van der Waals surface area contributed by atoms with Gasteiger partial charge in [0.25, 0.3) is 0 Å². The lowest BCUT2D eigenvalue weighted by atomic mass is 10.0. The summed E-state index contributed by atoms with van der Waals surface area (Å²) in [6.45, 7) is 0. The molecule has 16 heavy (non-hydrogen) atoms. The number of hydrogen-bond donors (Lipinski definition) is 2. The van der Waals surface area contributed by atoms with Crippen LogP contribution in [0.5, 0.6) is 5.75 Å². The van der Waals surface area contributed by atoms with Crippen LogP contribution in [0.15, 0.2) is 36.7 Å². The summed E-state index contributed by atoms with van der Waals surface area (Å²) >= 11 is 0. The highest BCUT2D eigenvalue weighted by Crippen LogP contribution is 2.31. The first-order chi connectivity index (χ1) is 7.74. The molecule has 0 saturated heterocycles. The number of para-hydroxylation sites is 1. The first-order valence-corrected chi connectivity index (χ1v) is 4.77. The SMILES string of the molecule is COC(=O)c1c[nH]cc1-c1ccccc1O. The number of aromatic nitrogens is 1. The minimum absolute atomic E-state index is 0.132. The number of ether oxygens (including phenoxy) is 1. The van der Waals surface area contributed by atoms with Gasteiger partial charge in [0, 0.05) is 23.5 Å². The standard InChI is InChI=1S/C12H11NO3/c1-16-12(15)10-7-13-6-9(10)8-4-2-3-5-11(8)14/h2-7,13-14H,1H3. The van der Waals surface area contributed by atoms with Gasteiger partial charge in [0.1, 0.15) is 5.75 Å². The highest BCUT2D eigenvalue weighted by Gasteiger charge is 2.15. The average molecular weight is 217 g/mol. The maximum absolute atomic E-state index is 11.5. The fraction of sp³-hybridized carbons (Fsp3) is 0.0833. The topological polar surface area (TPSA) is 62.3 Å². The smallest absolute Gasteiger partial charge is 0.340 e. The van der Waals surface area contributed by atoms with E-state index in [2.05, 4.69) is 9.72 Å². The van der Waals surface area contributed by atoms with Crippen molar-refractivity contribution in [2.45, 2.75) is 0 Å². The Morgan fingerprint density at radius 1 is 1.25 bits per heavy atom. The van der Waals surface area contributed by atoms with Crippen LogP contribution in [0.4, 0.5) is 0 Å². The third-order valence-corrected chi connectivity index (χ3v) is 2.35. The molecule has 0 bridgehead atoms. The van der Waals surface area contributed by atoms with Crippen LogP contribution in [0.25, 0.3) is 11.1 Å². The van der Waals surface area contributed by atoms with E-state index >= 15 is 0 Å². The summed E-state index contributed by atoms with van der Waals surface area (Å²) in [4.78, 5) is 14.3. The molecule has 0 aliphatic heterocycles. The largest absolute Gasteiger partial charge is 0.507 e. The van der Waals surface area contributed by atoms with Gasteiger partial charge >= 0.3 is 5.97 Å². The third-order valence-electron chi connectivity index (χ3n) is 2.35. The van der Waals surface area contributed by atoms with Crippen molar-refractivity contribution in [2.24, 2.45) is 0 Å². The predicted octanol–water partition coefficient (Wildman–Crippen LogP) is 2.17. The summed E-state index contributed by atoms with van der Waals surface area (Å²) < 4.78 is 4.66. The van der Waals surface area contributed by atoms with Crippen molar-refractivity contribution in [1.29, 1.82) is 0 Å². The van der Waals surface area contributed by atoms with Crippen LogP contribution in [0.2, 0.25) is 0 Å². The summed E-state index contributed by atoms with van der Waals surface area (Å²) in [7, 11) is 1.32. The molecule has 0 amide bonds. The lowest BCUT2D eigenvalue weighted by Crippen LogP contribution is -2.00. The number of aromatic amines is 1. The molecule has 0 aliphatic rings. The first-order valence-electron chi connectivity index (χ1n) is 4.77. The molecule has 2 rings (SSSR count). The van der Waals surface area contributed by atoms with Crippen molar-refractivity contribution in [3.63, 3.8) is 0 Å². The van der Waals surface area contributed by atoms with Crippen molar-refractivity contribution in [2.75, 3.05) is 7.11 Å². The van der Waals surface area contributed by atoms with Crippen LogP contribution in [0, 0.1) is 0 Å². The Morgan fingerprint density at radius 3 is 2.69 bits per heavy atom. The normalized spacial score (nSPS) is 10.1. The number of aromatic hydroxyl groups is 1. The number of H-pyrrole nitrogens is 1. The molecule has 0 fully saturated rings. The fourth-order valence-corrected chi connectivity index (χ4v) is 1.57. The average Bonchev–Trinajstić information content (AvgIpc) is 2.77. The molecule has 4 nitrogen and oxygen atoms in total. The number of rotatable bonds is 2. The Bertz CT molecular complexity index is 516. The van der Waals surface area contributed by atoms with Crippen LogP contribution >= 0.6 is 0 Å². The Hall–Kier alpha value is -2.23. The molecule has 0 aliphatic carbocycles. The van der Waals surface area contributed by atoms with Crippen LogP contribution in [-0.4, -0.2) is 23.2 Å². The number of phenolic OH excluding ortho intramolecular Hbond substituents is 1. The Morgan fingerprint density at radius 2 is 2.00 bits per heavy atom. The number of esters is 1. The molecule has 1 aromatic heterocycles. The van der Waals surface area contributed by atoms with Crippen molar-refractivity contribution >= 4 is 5.97 Å². The third kappa shape index (κ3) is 1.65. The second-order valence-electron chi connectivity index (χ2n) is 3.29. The molecule has 0 atom stereocenters. The summed E-state index contributed by atoms with van der Waals surface area (Å²) in [6, 6.07) is 6.83. The van der Waals surface area contributed by atoms with Crippen LogP contribution in [-0.2, 0) is 4.74 Å². The highest BCUT2D eigenvalue weighted by atomic mass is 16.5. The van der Waals surface area contributed by atoms with Crippen LogP contribution < -0.4 is 0 Å². The maximum Gasteiger partial charge on any atom is 0.340 e. The van der Waals surface area contributed by atoms with E-state index in [1.165, 1.54) is 7.11 Å². The van der Waals surface area contributed by atoms with Gasteiger partial charge in [-0.2, -0.15) is 0 Å². The van der Waals surface area contributed by atoms with Crippen molar-refractivity contribution in [3.8, 4) is 16.9 Å². The molecular weight excluding hydrogens is 206 g/mol. The molecule has 0 spiro atoms. The lowest BCUT2D eigenvalue weighted by molar-refractivity contribution is 0.0602. The van der Waals surface area contributed by atoms with Gasteiger partial charge in [-0.05, 0) is 6.07 Å². The predicted molar refractivity (Wildman–Crippen MR) is 59.2 cm³/mol. The van der Waals surface area contributed by atoms with E-state index in [1.54, 1.807) is 36.7 Å². The van der Waals surface area contributed by atoms with Gasteiger partial charge in [0.05, 0.1) is 12.7 Å². The van der Waals surface area contributed by atoms with Crippen molar-refractivity contribution < 1.29 is 14.6 Å². The Kier molecular flexibility index (Phi) is 2.64. The van der Waals surface area contributed by atoms with E-state index in [9.17, 15) is 9.90 Å². The molecule has 82 valence electrons. The molecule has 0 saturated carbocycles. The second-order valence-corrected chi connectivity index (χ2v) is 3.29. The molecule has 2 aromatic rings. The minimum atomic E-state index is -0.431. The van der Waals surface area contributed by atoms with Gasteiger partial charge in [-0.15, -0.1) is 0 Å². The van der Waals surface area contributed by atoms with E-state index in [-0.39, 0.29) is 5.75 Å². The summed E-state index contributed by atoms with van der Waals surface area (Å²) in [5.41, 5.74) is 1.64. The van der Waals surface area contributed by atoms with Crippen LogP contribution in [0.3, 0.4) is 0 Å². The van der Waals surface area contributed by atoms with Gasteiger partial charge in [-0.25, -0.2) is 4.79 Å². The molecule has 1 aromatic carbocycles. The molecule has 0 radical (unpaired) electrons. The molecule has 2 N–H and O–H groups in total. The van der Waals surface area contributed by atoms with E-state index in [1.807, 2.05) is 0 Å². The maximum atomic E-state index is 11.5. The number of methoxy groups -OCH3 is 1. The first kappa shape index (κ1) is 10.3. The number of carbonyl (C=O) groups is 1. The molecule has 0 unspecified atom stereocenters. The van der Waals surface area contributed by atoms with E-state index < -0.39 is 5.97 Å². The van der Waals surface area contributed by atoms with E-state index in [4.69, 9.17) is 0 Å². The quantitative estimate of drug-likeness (QED) is 0.758. The van der Waals surface area contributed by atoms with Gasteiger partial charge in [0.2, 0.25) is 0 Å². The number of phenols is 1. The minimum Gasteiger partial charge on any atom is -0.507 e. The summed E-state index contributed by atoms with van der Waals surface area (Å²) in [5.74, 6) is -0.299. The fourth-order valence-electron chi connectivity index (χ4n) is 1.57. The summed E-state index contributed by atoms with van der Waals surface area (Å²) in [5, 5.41) is 9.70. The summed E-state index contributed by atoms with van der Waals surface area (Å²) in [6.07, 6.45) is 3.20. The van der Waals surface area contributed by atoms with Crippen molar-refractivity contribution in [3.05, 3.63) is 42.2 Å². The molecule has 4 heteroatoms. The zero-order chi connectivity index (χ0) is 11.5. The molecular formula is C12H11NO3. The highest BCUT2D eigenvalue weighted by molar-refractivity contribution is 5.97. The van der Waals surface area contributed by atoms with Crippen molar-refractivity contribution in [1.82, 2.24) is 4.98 Å². The zero-order valence-electron chi connectivity index (χ0n) is 8.73. The molecule has 1 heterocycles. The number of nitrogens with one attached hydrogen (secondary N) is 1. The van der Waals surface area contributed by atoms with E-state index in [0.29, 0.717) is 16.7 Å². The number of benzene rings is 1. The Balaban J connectivity index is 2.53. The van der Waals surface area contributed by atoms with Crippen LogP contribution in [0.1, 0.15) is 10.4 Å². The van der Waals surface area contributed by atoms with E-state index in [0.717, 1.165) is 0 Å². The lowest BCUT2D eigenvalue weighted by Gasteiger charge is -2.04. The van der Waals surface area contributed by atoms with Gasteiger partial charge in [-0.1, -0.05) is 18.2 Å². The van der Waals surface area contributed by atoms with Gasteiger partial charge < -0.3 is 14.8 Å². The monoisotopic (exact) mass is 217 g/mol. The Labute approximate surface area is 92.5 Å².